The molecular weight excluding hydrogens is 188 g/mol. The lowest BCUT2D eigenvalue weighted by Crippen LogP contribution is -2.33. The van der Waals surface area contributed by atoms with E-state index in [0.29, 0.717) is 5.92 Å². The molecule has 0 aromatic carbocycles. The SMILES string of the molecule is CC(C)C(C)C(=O)NCCCNC1CC1. The van der Waals surface area contributed by atoms with E-state index in [2.05, 4.69) is 24.5 Å². The van der Waals surface area contributed by atoms with Crippen molar-refractivity contribution in [1.82, 2.24) is 10.6 Å². The van der Waals surface area contributed by atoms with Gasteiger partial charge in [0.25, 0.3) is 0 Å². The van der Waals surface area contributed by atoms with Crippen molar-refractivity contribution < 1.29 is 4.79 Å². The van der Waals surface area contributed by atoms with Gasteiger partial charge in [-0.05, 0) is 31.7 Å². The maximum atomic E-state index is 11.6. The first kappa shape index (κ1) is 12.5. The van der Waals surface area contributed by atoms with Crippen molar-refractivity contribution in [3.8, 4) is 0 Å². The molecule has 3 heteroatoms. The Balaban J connectivity index is 1.95. The first-order valence-corrected chi connectivity index (χ1v) is 6.12. The van der Waals surface area contributed by atoms with Gasteiger partial charge in [-0.2, -0.15) is 0 Å². The Bertz CT molecular complexity index is 200. The summed E-state index contributed by atoms with van der Waals surface area (Å²) >= 11 is 0. The zero-order valence-corrected chi connectivity index (χ0v) is 10.2. The molecular formula is C12H24N2O. The van der Waals surface area contributed by atoms with E-state index in [0.717, 1.165) is 25.6 Å². The zero-order valence-electron chi connectivity index (χ0n) is 10.2. The second-order valence-electron chi connectivity index (χ2n) is 4.91. The number of carbonyl (C=O) groups is 1. The highest BCUT2D eigenvalue weighted by molar-refractivity contribution is 5.78. The van der Waals surface area contributed by atoms with Crippen LogP contribution in [0.5, 0.6) is 0 Å². The van der Waals surface area contributed by atoms with Gasteiger partial charge < -0.3 is 10.6 Å². The standard InChI is InChI=1S/C12H24N2O/c1-9(2)10(3)12(15)14-8-4-7-13-11-5-6-11/h9-11,13H,4-8H2,1-3H3,(H,14,15). The predicted molar refractivity (Wildman–Crippen MR) is 62.7 cm³/mol. The third-order valence-corrected chi connectivity index (χ3v) is 3.08. The minimum absolute atomic E-state index is 0.126. The maximum Gasteiger partial charge on any atom is 0.223 e. The monoisotopic (exact) mass is 212 g/mol. The largest absolute Gasteiger partial charge is 0.356 e. The number of hydrogen-bond acceptors (Lipinski definition) is 2. The van der Waals surface area contributed by atoms with E-state index in [-0.39, 0.29) is 11.8 Å². The van der Waals surface area contributed by atoms with Gasteiger partial charge >= 0.3 is 0 Å². The maximum absolute atomic E-state index is 11.6. The normalized spacial score (nSPS) is 17.9. The summed E-state index contributed by atoms with van der Waals surface area (Å²) in [5.74, 6) is 0.743. The number of rotatable bonds is 7. The van der Waals surface area contributed by atoms with Crippen LogP contribution in [-0.4, -0.2) is 25.0 Å². The molecule has 15 heavy (non-hydrogen) atoms. The zero-order chi connectivity index (χ0) is 11.3. The predicted octanol–water partition coefficient (Wildman–Crippen LogP) is 1.54. The fourth-order valence-electron chi connectivity index (χ4n) is 1.36. The van der Waals surface area contributed by atoms with Crippen LogP contribution in [0, 0.1) is 11.8 Å². The number of amides is 1. The first-order chi connectivity index (χ1) is 7.11. The third-order valence-electron chi connectivity index (χ3n) is 3.08. The number of carbonyl (C=O) groups excluding carboxylic acids is 1. The molecule has 2 N–H and O–H groups in total. The molecule has 88 valence electrons. The van der Waals surface area contributed by atoms with Crippen LogP contribution in [0.15, 0.2) is 0 Å². The number of hydrogen-bond donors (Lipinski definition) is 2. The molecule has 0 heterocycles. The van der Waals surface area contributed by atoms with Gasteiger partial charge in [0.1, 0.15) is 0 Å². The van der Waals surface area contributed by atoms with Crippen molar-refractivity contribution in [2.45, 2.75) is 46.1 Å². The van der Waals surface area contributed by atoms with Gasteiger partial charge in [0.2, 0.25) is 5.91 Å². The molecule has 0 radical (unpaired) electrons. The van der Waals surface area contributed by atoms with Gasteiger partial charge in [0.15, 0.2) is 0 Å². The van der Waals surface area contributed by atoms with E-state index in [1.54, 1.807) is 0 Å². The van der Waals surface area contributed by atoms with Gasteiger partial charge in [0.05, 0.1) is 0 Å². The van der Waals surface area contributed by atoms with E-state index in [1.165, 1.54) is 12.8 Å². The lowest BCUT2D eigenvalue weighted by Gasteiger charge is -2.15. The quantitative estimate of drug-likeness (QED) is 0.628. The summed E-state index contributed by atoms with van der Waals surface area (Å²) in [5, 5.41) is 6.41. The van der Waals surface area contributed by atoms with Crippen LogP contribution >= 0.6 is 0 Å². The molecule has 1 saturated carbocycles. The minimum Gasteiger partial charge on any atom is -0.356 e. The minimum atomic E-state index is 0.126. The van der Waals surface area contributed by atoms with Crippen LogP contribution in [0.2, 0.25) is 0 Å². The highest BCUT2D eigenvalue weighted by Gasteiger charge is 2.19. The lowest BCUT2D eigenvalue weighted by molar-refractivity contribution is -0.125. The Morgan fingerprint density at radius 2 is 1.93 bits per heavy atom. The highest BCUT2D eigenvalue weighted by atomic mass is 16.1. The molecule has 0 saturated heterocycles. The molecule has 1 amide bonds. The molecule has 0 aromatic rings. The summed E-state index contributed by atoms with van der Waals surface area (Å²) in [7, 11) is 0. The molecule has 1 rings (SSSR count). The van der Waals surface area contributed by atoms with E-state index in [9.17, 15) is 4.79 Å². The second kappa shape index (κ2) is 6.11. The first-order valence-electron chi connectivity index (χ1n) is 6.12. The van der Waals surface area contributed by atoms with Crippen molar-refractivity contribution in [3.63, 3.8) is 0 Å². The van der Waals surface area contributed by atoms with Gasteiger partial charge in [0, 0.05) is 18.5 Å². The summed E-state index contributed by atoms with van der Waals surface area (Å²) in [6, 6.07) is 0.773. The van der Waals surface area contributed by atoms with Gasteiger partial charge in [-0.3, -0.25) is 4.79 Å². The Kier molecular flexibility index (Phi) is 5.09. The molecule has 0 aromatic heterocycles. The molecule has 0 bridgehead atoms. The molecule has 1 fully saturated rings. The van der Waals surface area contributed by atoms with Gasteiger partial charge in [-0.25, -0.2) is 0 Å². The van der Waals surface area contributed by atoms with Crippen molar-refractivity contribution in [2.24, 2.45) is 11.8 Å². The Morgan fingerprint density at radius 3 is 2.47 bits per heavy atom. The Labute approximate surface area is 93.0 Å². The van der Waals surface area contributed by atoms with E-state index in [1.807, 2.05) is 6.92 Å². The van der Waals surface area contributed by atoms with Gasteiger partial charge in [-0.1, -0.05) is 20.8 Å². The fraction of sp³-hybridized carbons (Fsp3) is 0.917. The summed E-state index contributed by atoms with van der Waals surface area (Å²) < 4.78 is 0. The molecule has 0 aliphatic heterocycles. The van der Waals surface area contributed by atoms with E-state index in [4.69, 9.17) is 0 Å². The average molecular weight is 212 g/mol. The van der Waals surface area contributed by atoms with E-state index < -0.39 is 0 Å². The molecule has 0 spiro atoms. The van der Waals surface area contributed by atoms with Crippen LogP contribution < -0.4 is 10.6 Å². The Hall–Kier alpha value is -0.570. The van der Waals surface area contributed by atoms with Crippen molar-refractivity contribution >= 4 is 5.91 Å². The molecule has 1 unspecified atom stereocenters. The molecule has 1 atom stereocenters. The van der Waals surface area contributed by atoms with Crippen molar-refractivity contribution in [1.29, 1.82) is 0 Å². The van der Waals surface area contributed by atoms with Crippen LogP contribution in [0.25, 0.3) is 0 Å². The smallest absolute Gasteiger partial charge is 0.223 e. The van der Waals surface area contributed by atoms with Crippen LogP contribution in [0.3, 0.4) is 0 Å². The lowest BCUT2D eigenvalue weighted by atomic mass is 9.97. The van der Waals surface area contributed by atoms with Crippen molar-refractivity contribution in [2.75, 3.05) is 13.1 Å². The summed E-state index contributed by atoms with van der Waals surface area (Å²) in [6.45, 7) is 7.98. The Morgan fingerprint density at radius 1 is 1.27 bits per heavy atom. The van der Waals surface area contributed by atoms with Gasteiger partial charge in [-0.15, -0.1) is 0 Å². The average Bonchev–Trinajstić information content (AvgIpc) is 2.99. The summed E-state index contributed by atoms with van der Waals surface area (Å²) in [5.41, 5.74) is 0. The topological polar surface area (TPSA) is 41.1 Å². The van der Waals surface area contributed by atoms with Crippen LogP contribution in [0.4, 0.5) is 0 Å². The molecule has 1 aliphatic carbocycles. The summed E-state index contributed by atoms with van der Waals surface area (Å²) in [4.78, 5) is 11.6. The van der Waals surface area contributed by atoms with Crippen LogP contribution in [-0.2, 0) is 4.79 Å². The second-order valence-corrected chi connectivity index (χ2v) is 4.91. The molecule has 3 nitrogen and oxygen atoms in total. The number of nitrogens with one attached hydrogen (secondary N) is 2. The third kappa shape index (κ3) is 5.17. The fourth-order valence-corrected chi connectivity index (χ4v) is 1.36. The molecule has 1 aliphatic rings. The summed E-state index contributed by atoms with van der Waals surface area (Å²) in [6.07, 6.45) is 3.69. The van der Waals surface area contributed by atoms with E-state index >= 15 is 0 Å². The highest BCUT2D eigenvalue weighted by Crippen LogP contribution is 2.18. The van der Waals surface area contributed by atoms with Crippen molar-refractivity contribution in [3.05, 3.63) is 0 Å². The van der Waals surface area contributed by atoms with Crippen LogP contribution in [0.1, 0.15) is 40.0 Å².